The first-order valence-corrected chi connectivity index (χ1v) is 8.45. The molecule has 0 fully saturated rings. The fourth-order valence-corrected chi connectivity index (χ4v) is 3.38. The molecule has 0 atom stereocenters. The van der Waals surface area contributed by atoms with Crippen LogP contribution >= 0.6 is 11.3 Å². The summed E-state index contributed by atoms with van der Waals surface area (Å²) in [4.78, 5) is 16.8. The number of rotatable bonds is 6. The minimum atomic E-state index is -0.222. The number of hydrogen-bond donors (Lipinski definition) is 1. The molecule has 1 aromatic heterocycles. The lowest BCUT2D eigenvalue weighted by Gasteiger charge is -2.14. The van der Waals surface area contributed by atoms with Gasteiger partial charge in [0.25, 0.3) is 5.91 Å². The number of thiazole rings is 1. The van der Waals surface area contributed by atoms with Crippen molar-refractivity contribution in [3.63, 3.8) is 0 Å². The summed E-state index contributed by atoms with van der Waals surface area (Å²) in [6, 6.07) is 9.13. The van der Waals surface area contributed by atoms with Crippen LogP contribution in [0.3, 0.4) is 0 Å². The van der Waals surface area contributed by atoms with E-state index in [2.05, 4.69) is 10.3 Å². The van der Waals surface area contributed by atoms with Crippen LogP contribution in [0.5, 0.6) is 17.2 Å². The molecular weight excluding hydrogens is 340 g/mol. The van der Waals surface area contributed by atoms with Crippen molar-refractivity contribution < 1.29 is 19.0 Å². The number of fused-ring (bicyclic) bond motifs is 1. The number of carbonyl (C=O) groups is 1. The molecule has 1 N–H and O–H groups in total. The van der Waals surface area contributed by atoms with Gasteiger partial charge in [0.15, 0.2) is 11.5 Å². The van der Waals surface area contributed by atoms with Crippen LogP contribution in [-0.2, 0) is 6.54 Å². The highest BCUT2D eigenvalue weighted by molar-refractivity contribution is 7.16. The van der Waals surface area contributed by atoms with Crippen LogP contribution in [0.4, 0.5) is 0 Å². The summed E-state index contributed by atoms with van der Waals surface area (Å²) in [6.07, 6.45) is 0. The topological polar surface area (TPSA) is 69.7 Å². The Bertz CT molecular complexity index is 882. The second-order valence-electron chi connectivity index (χ2n) is 5.21. The molecule has 0 unspecified atom stereocenters. The quantitative estimate of drug-likeness (QED) is 0.732. The Morgan fingerprint density at radius 1 is 1.12 bits per heavy atom. The van der Waals surface area contributed by atoms with Gasteiger partial charge >= 0.3 is 0 Å². The standard InChI is InChI=1S/C18H18N2O4S/c1-22-14-7-12(8-15(23-2)16(14)24-3)18(21)19-9-11-5-4-6-13-17(11)25-10-20-13/h4-8,10H,9H2,1-3H3,(H,19,21). The molecule has 130 valence electrons. The van der Waals surface area contributed by atoms with E-state index in [1.54, 1.807) is 29.0 Å². The number of nitrogens with zero attached hydrogens (tertiary/aromatic N) is 1. The Balaban J connectivity index is 1.82. The summed E-state index contributed by atoms with van der Waals surface area (Å²) in [5, 5.41) is 2.93. The molecule has 6 nitrogen and oxygen atoms in total. The van der Waals surface area contributed by atoms with E-state index in [9.17, 15) is 4.79 Å². The molecule has 0 bridgehead atoms. The van der Waals surface area contributed by atoms with Crippen molar-refractivity contribution in [3.8, 4) is 17.2 Å². The Morgan fingerprint density at radius 3 is 2.48 bits per heavy atom. The molecule has 0 saturated carbocycles. The van der Waals surface area contributed by atoms with Gasteiger partial charge in [-0.1, -0.05) is 12.1 Å². The smallest absolute Gasteiger partial charge is 0.251 e. The lowest BCUT2D eigenvalue weighted by atomic mass is 10.1. The van der Waals surface area contributed by atoms with E-state index < -0.39 is 0 Å². The van der Waals surface area contributed by atoms with Crippen molar-refractivity contribution in [1.82, 2.24) is 10.3 Å². The maximum absolute atomic E-state index is 12.6. The van der Waals surface area contributed by atoms with Gasteiger partial charge in [-0.3, -0.25) is 4.79 Å². The molecule has 0 radical (unpaired) electrons. The minimum absolute atomic E-state index is 0.222. The maximum Gasteiger partial charge on any atom is 0.251 e. The predicted molar refractivity (Wildman–Crippen MR) is 96.9 cm³/mol. The number of aromatic nitrogens is 1. The second kappa shape index (κ2) is 7.40. The van der Waals surface area contributed by atoms with E-state index in [1.165, 1.54) is 21.3 Å². The molecular formula is C18H18N2O4S. The van der Waals surface area contributed by atoms with Gasteiger partial charge in [-0.2, -0.15) is 0 Å². The molecule has 25 heavy (non-hydrogen) atoms. The van der Waals surface area contributed by atoms with Crippen LogP contribution in [0.2, 0.25) is 0 Å². The first kappa shape index (κ1) is 17.0. The third-order valence-corrected chi connectivity index (χ3v) is 4.72. The third-order valence-electron chi connectivity index (χ3n) is 3.80. The number of ether oxygens (including phenoxy) is 3. The number of benzene rings is 2. The van der Waals surface area contributed by atoms with Gasteiger partial charge in [0, 0.05) is 12.1 Å². The lowest BCUT2D eigenvalue weighted by Crippen LogP contribution is -2.23. The van der Waals surface area contributed by atoms with Crippen LogP contribution in [0, 0.1) is 0 Å². The van der Waals surface area contributed by atoms with E-state index in [0.29, 0.717) is 29.4 Å². The lowest BCUT2D eigenvalue weighted by molar-refractivity contribution is 0.0950. The summed E-state index contributed by atoms with van der Waals surface area (Å²) in [6.45, 7) is 0.412. The molecule has 0 aliphatic rings. The molecule has 3 rings (SSSR count). The van der Waals surface area contributed by atoms with E-state index in [-0.39, 0.29) is 5.91 Å². The van der Waals surface area contributed by atoms with Crippen LogP contribution < -0.4 is 19.5 Å². The van der Waals surface area contributed by atoms with Gasteiger partial charge in [-0.15, -0.1) is 11.3 Å². The number of methoxy groups -OCH3 is 3. The summed E-state index contributed by atoms with van der Waals surface area (Å²) in [5.74, 6) is 1.12. The summed E-state index contributed by atoms with van der Waals surface area (Å²) in [5.41, 5.74) is 4.20. The van der Waals surface area contributed by atoms with Crippen molar-refractivity contribution in [2.75, 3.05) is 21.3 Å². The molecule has 0 spiro atoms. The third kappa shape index (κ3) is 3.36. The summed E-state index contributed by atoms with van der Waals surface area (Å²) < 4.78 is 16.9. The van der Waals surface area contributed by atoms with E-state index >= 15 is 0 Å². The molecule has 7 heteroatoms. The Morgan fingerprint density at radius 2 is 1.84 bits per heavy atom. The maximum atomic E-state index is 12.6. The highest BCUT2D eigenvalue weighted by Crippen LogP contribution is 2.38. The fourth-order valence-electron chi connectivity index (χ4n) is 2.57. The van der Waals surface area contributed by atoms with Crippen LogP contribution in [-0.4, -0.2) is 32.2 Å². The monoisotopic (exact) mass is 358 g/mol. The van der Waals surface area contributed by atoms with Crippen molar-refractivity contribution in [3.05, 3.63) is 47.0 Å². The first-order chi connectivity index (χ1) is 12.2. The number of amides is 1. The van der Waals surface area contributed by atoms with Crippen LogP contribution in [0.1, 0.15) is 15.9 Å². The van der Waals surface area contributed by atoms with Gasteiger partial charge in [0.1, 0.15) is 0 Å². The average Bonchev–Trinajstić information content (AvgIpc) is 3.14. The van der Waals surface area contributed by atoms with Gasteiger partial charge in [0.2, 0.25) is 5.75 Å². The van der Waals surface area contributed by atoms with E-state index in [0.717, 1.165) is 15.8 Å². The van der Waals surface area contributed by atoms with Crippen molar-refractivity contribution in [2.45, 2.75) is 6.54 Å². The minimum Gasteiger partial charge on any atom is -0.493 e. The van der Waals surface area contributed by atoms with Crippen molar-refractivity contribution in [2.24, 2.45) is 0 Å². The normalized spacial score (nSPS) is 10.5. The predicted octanol–water partition coefficient (Wildman–Crippen LogP) is 3.25. The molecule has 2 aromatic carbocycles. The van der Waals surface area contributed by atoms with E-state index in [4.69, 9.17) is 14.2 Å². The molecule has 3 aromatic rings. The Kier molecular flexibility index (Phi) is 5.04. The average molecular weight is 358 g/mol. The molecule has 0 aliphatic carbocycles. The van der Waals surface area contributed by atoms with Crippen LogP contribution in [0.15, 0.2) is 35.8 Å². The molecule has 1 heterocycles. The van der Waals surface area contributed by atoms with Crippen molar-refractivity contribution >= 4 is 27.5 Å². The number of carbonyl (C=O) groups excluding carboxylic acids is 1. The summed E-state index contributed by atoms with van der Waals surface area (Å²) in [7, 11) is 4.56. The number of hydrogen-bond acceptors (Lipinski definition) is 6. The highest BCUT2D eigenvalue weighted by Gasteiger charge is 2.17. The Labute approximate surface area is 149 Å². The second-order valence-corrected chi connectivity index (χ2v) is 6.07. The molecule has 1 amide bonds. The van der Waals surface area contributed by atoms with Gasteiger partial charge in [-0.05, 0) is 23.8 Å². The van der Waals surface area contributed by atoms with Gasteiger partial charge in [-0.25, -0.2) is 4.98 Å². The molecule has 0 aliphatic heterocycles. The highest BCUT2D eigenvalue weighted by atomic mass is 32.1. The fraction of sp³-hybridized carbons (Fsp3) is 0.222. The van der Waals surface area contributed by atoms with Crippen LogP contribution in [0.25, 0.3) is 10.2 Å². The zero-order valence-electron chi connectivity index (χ0n) is 14.2. The molecule has 0 saturated heterocycles. The zero-order valence-corrected chi connectivity index (χ0v) is 15.0. The SMILES string of the molecule is COc1cc(C(=O)NCc2cccc3ncsc23)cc(OC)c1OC. The zero-order chi connectivity index (χ0) is 17.8. The van der Waals surface area contributed by atoms with Gasteiger partial charge < -0.3 is 19.5 Å². The first-order valence-electron chi connectivity index (χ1n) is 7.57. The Hall–Kier alpha value is -2.80. The number of nitrogens with one attached hydrogen (secondary N) is 1. The van der Waals surface area contributed by atoms with Crippen molar-refractivity contribution in [1.29, 1.82) is 0 Å². The van der Waals surface area contributed by atoms with E-state index in [1.807, 2.05) is 18.2 Å². The summed E-state index contributed by atoms with van der Waals surface area (Å²) >= 11 is 1.56. The largest absolute Gasteiger partial charge is 0.493 e. The van der Waals surface area contributed by atoms with Gasteiger partial charge in [0.05, 0.1) is 37.1 Å².